The van der Waals surface area contributed by atoms with Crippen molar-refractivity contribution in [2.24, 2.45) is 0 Å². The number of nitrogens with one attached hydrogen (secondary N) is 1. The van der Waals surface area contributed by atoms with E-state index in [1.54, 1.807) is 14.2 Å². The molecule has 1 aliphatic heterocycles. The SMILES string of the molecule is COc1ccc(C2CNCc3c(N)cccc32)cc1OC. The van der Waals surface area contributed by atoms with E-state index in [-0.39, 0.29) is 5.92 Å². The van der Waals surface area contributed by atoms with Gasteiger partial charge in [0.1, 0.15) is 0 Å². The van der Waals surface area contributed by atoms with E-state index in [0.717, 1.165) is 30.3 Å². The van der Waals surface area contributed by atoms with Crippen LogP contribution in [0, 0.1) is 0 Å². The maximum atomic E-state index is 6.10. The third-order valence-electron chi connectivity index (χ3n) is 4.08. The van der Waals surface area contributed by atoms with E-state index in [1.807, 2.05) is 24.3 Å². The minimum Gasteiger partial charge on any atom is -0.493 e. The zero-order valence-electron chi connectivity index (χ0n) is 12.3. The molecule has 0 fully saturated rings. The molecule has 2 aromatic rings. The molecule has 110 valence electrons. The molecule has 3 N–H and O–H groups in total. The average molecular weight is 284 g/mol. The molecule has 0 amide bonds. The summed E-state index contributed by atoms with van der Waals surface area (Å²) in [5.74, 6) is 1.78. The number of benzene rings is 2. The Morgan fingerprint density at radius 2 is 1.90 bits per heavy atom. The van der Waals surface area contributed by atoms with Crippen molar-refractivity contribution in [3.63, 3.8) is 0 Å². The van der Waals surface area contributed by atoms with Gasteiger partial charge in [0.15, 0.2) is 11.5 Å². The number of hydrogen-bond donors (Lipinski definition) is 2. The van der Waals surface area contributed by atoms with Crippen LogP contribution in [0.2, 0.25) is 0 Å². The minimum absolute atomic E-state index is 0.275. The Balaban J connectivity index is 2.05. The second-order valence-corrected chi connectivity index (χ2v) is 5.21. The largest absolute Gasteiger partial charge is 0.493 e. The number of methoxy groups -OCH3 is 2. The van der Waals surface area contributed by atoms with Crippen LogP contribution in [-0.2, 0) is 6.54 Å². The quantitative estimate of drug-likeness (QED) is 0.850. The number of hydrogen-bond acceptors (Lipinski definition) is 4. The van der Waals surface area contributed by atoms with Gasteiger partial charge in [-0.25, -0.2) is 0 Å². The van der Waals surface area contributed by atoms with Crippen molar-refractivity contribution in [1.29, 1.82) is 0 Å². The van der Waals surface area contributed by atoms with Crippen LogP contribution in [0.4, 0.5) is 5.69 Å². The lowest BCUT2D eigenvalue weighted by molar-refractivity contribution is 0.354. The topological polar surface area (TPSA) is 56.5 Å². The highest BCUT2D eigenvalue weighted by Gasteiger charge is 2.23. The summed E-state index contributed by atoms with van der Waals surface area (Å²) in [5.41, 5.74) is 10.6. The molecule has 3 rings (SSSR count). The molecule has 4 nitrogen and oxygen atoms in total. The molecular weight excluding hydrogens is 264 g/mol. The monoisotopic (exact) mass is 284 g/mol. The molecule has 1 aliphatic rings. The molecule has 1 unspecified atom stereocenters. The lowest BCUT2D eigenvalue weighted by atomic mass is 9.85. The molecule has 0 saturated heterocycles. The molecule has 1 heterocycles. The summed E-state index contributed by atoms with van der Waals surface area (Å²) < 4.78 is 10.7. The van der Waals surface area contributed by atoms with E-state index in [2.05, 4.69) is 17.4 Å². The number of nitrogens with two attached hydrogens (primary N) is 1. The lowest BCUT2D eigenvalue weighted by Gasteiger charge is -2.28. The highest BCUT2D eigenvalue weighted by molar-refractivity contribution is 5.56. The predicted molar refractivity (Wildman–Crippen MR) is 84.0 cm³/mol. The van der Waals surface area contributed by atoms with Crippen LogP contribution >= 0.6 is 0 Å². The van der Waals surface area contributed by atoms with Crippen LogP contribution in [0.5, 0.6) is 11.5 Å². The van der Waals surface area contributed by atoms with Crippen molar-refractivity contribution in [2.75, 3.05) is 26.5 Å². The summed E-state index contributed by atoms with van der Waals surface area (Å²) in [6, 6.07) is 12.2. The third-order valence-corrected chi connectivity index (χ3v) is 4.08. The first kappa shape index (κ1) is 13.8. The van der Waals surface area contributed by atoms with E-state index < -0.39 is 0 Å². The molecule has 0 radical (unpaired) electrons. The zero-order chi connectivity index (χ0) is 14.8. The highest BCUT2D eigenvalue weighted by atomic mass is 16.5. The zero-order valence-corrected chi connectivity index (χ0v) is 12.3. The summed E-state index contributed by atoms with van der Waals surface area (Å²) >= 11 is 0. The molecular formula is C17H20N2O2. The minimum atomic E-state index is 0.275. The Hall–Kier alpha value is -2.20. The highest BCUT2D eigenvalue weighted by Crippen LogP contribution is 2.36. The van der Waals surface area contributed by atoms with E-state index in [0.29, 0.717) is 0 Å². The first-order chi connectivity index (χ1) is 10.2. The predicted octanol–water partition coefficient (Wildman–Crippen LogP) is 2.52. The second kappa shape index (κ2) is 5.66. The Labute approximate surface area is 124 Å². The fourth-order valence-corrected chi connectivity index (χ4v) is 2.97. The summed E-state index contributed by atoms with van der Waals surface area (Å²) in [5, 5.41) is 3.44. The fourth-order valence-electron chi connectivity index (χ4n) is 2.97. The van der Waals surface area contributed by atoms with Gasteiger partial charge in [-0.05, 0) is 34.9 Å². The Kier molecular flexibility index (Phi) is 3.71. The van der Waals surface area contributed by atoms with Crippen LogP contribution in [0.3, 0.4) is 0 Å². The molecule has 0 aliphatic carbocycles. The van der Waals surface area contributed by atoms with Crippen molar-refractivity contribution >= 4 is 5.69 Å². The normalized spacial score (nSPS) is 17.1. The number of nitrogen functional groups attached to an aromatic ring is 1. The Morgan fingerprint density at radius 1 is 1.10 bits per heavy atom. The second-order valence-electron chi connectivity index (χ2n) is 5.21. The molecule has 21 heavy (non-hydrogen) atoms. The van der Waals surface area contributed by atoms with Crippen molar-refractivity contribution in [3.05, 3.63) is 53.1 Å². The van der Waals surface area contributed by atoms with Crippen LogP contribution < -0.4 is 20.5 Å². The Bertz CT molecular complexity index is 655. The van der Waals surface area contributed by atoms with E-state index >= 15 is 0 Å². The van der Waals surface area contributed by atoms with Crippen LogP contribution in [-0.4, -0.2) is 20.8 Å². The van der Waals surface area contributed by atoms with Gasteiger partial charge in [0.2, 0.25) is 0 Å². The Morgan fingerprint density at radius 3 is 2.67 bits per heavy atom. The summed E-state index contributed by atoms with van der Waals surface area (Å²) in [6.45, 7) is 1.72. The van der Waals surface area contributed by atoms with Crippen LogP contribution in [0.1, 0.15) is 22.6 Å². The number of rotatable bonds is 3. The number of ether oxygens (including phenoxy) is 2. The van der Waals surface area contributed by atoms with Crippen molar-refractivity contribution in [3.8, 4) is 11.5 Å². The van der Waals surface area contributed by atoms with Crippen molar-refractivity contribution in [1.82, 2.24) is 5.32 Å². The van der Waals surface area contributed by atoms with Gasteiger partial charge >= 0.3 is 0 Å². The van der Waals surface area contributed by atoms with Gasteiger partial charge in [0, 0.05) is 24.7 Å². The molecule has 0 bridgehead atoms. The van der Waals surface area contributed by atoms with E-state index in [4.69, 9.17) is 15.2 Å². The van der Waals surface area contributed by atoms with Gasteiger partial charge in [0.05, 0.1) is 14.2 Å². The molecule has 1 atom stereocenters. The van der Waals surface area contributed by atoms with E-state index in [1.165, 1.54) is 16.7 Å². The first-order valence-corrected chi connectivity index (χ1v) is 7.04. The summed E-state index contributed by atoms with van der Waals surface area (Å²) in [6.07, 6.45) is 0. The van der Waals surface area contributed by atoms with Gasteiger partial charge in [-0.1, -0.05) is 18.2 Å². The maximum absolute atomic E-state index is 6.10. The summed E-state index contributed by atoms with van der Waals surface area (Å²) in [7, 11) is 3.31. The molecule has 2 aromatic carbocycles. The lowest BCUT2D eigenvalue weighted by Crippen LogP contribution is -2.29. The van der Waals surface area contributed by atoms with Gasteiger partial charge in [-0.2, -0.15) is 0 Å². The smallest absolute Gasteiger partial charge is 0.161 e. The first-order valence-electron chi connectivity index (χ1n) is 7.04. The fraction of sp³-hybridized carbons (Fsp3) is 0.294. The number of anilines is 1. The van der Waals surface area contributed by atoms with E-state index in [9.17, 15) is 0 Å². The average Bonchev–Trinajstić information content (AvgIpc) is 2.54. The van der Waals surface area contributed by atoms with Gasteiger partial charge in [0.25, 0.3) is 0 Å². The van der Waals surface area contributed by atoms with Gasteiger partial charge in [-0.15, -0.1) is 0 Å². The van der Waals surface area contributed by atoms with Crippen molar-refractivity contribution in [2.45, 2.75) is 12.5 Å². The molecule has 4 heteroatoms. The molecule has 0 spiro atoms. The number of fused-ring (bicyclic) bond motifs is 1. The van der Waals surface area contributed by atoms with Gasteiger partial charge < -0.3 is 20.5 Å². The third kappa shape index (κ3) is 2.43. The summed E-state index contributed by atoms with van der Waals surface area (Å²) in [4.78, 5) is 0. The van der Waals surface area contributed by atoms with Crippen LogP contribution in [0.25, 0.3) is 0 Å². The molecule has 0 aromatic heterocycles. The van der Waals surface area contributed by atoms with Gasteiger partial charge in [-0.3, -0.25) is 0 Å². The maximum Gasteiger partial charge on any atom is 0.161 e. The standard InChI is InChI=1S/C17H20N2O2/c1-20-16-7-6-11(8-17(16)21-2)13-9-19-10-14-12(13)4-3-5-15(14)18/h3-8,13,19H,9-10,18H2,1-2H3. The van der Waals surface area contributed by atoms with Crippen molar-refractivity contribution < 1.29 is 9.47 Å². The van der Waals surface area contributed by atoms with Crippen LogP contribution in [0.15, 0.2) is 36.4 Å². The molecule has 0 saturated carbocycles.